The largest absolute Gasteiger partial charge is 0.493 e. The molecule has 0 unspecified atom stereocenters. The zero-order valence-corrected chi connectivity index (χ0v) is 14.1. The van der Waals surface area contributed by atoms with E-state index in [-0.39, 0.29) is 22.1 Å². The number of methoxy groups -OCH3 is 1. The molecule has 0 aromatic heterocycles. The van der Waals surface area contributed by atoms with Gasteiger partial charge in [0.2, 0.25) is 0 Å². The summed E-state index contributed by atoms with van der Waals surface area (Å²) in [6, 6.07) is 9.39. The quantitative estimate of drug-likeness (QED) is 0.649. The smallest absolute Gasteiger partial charge is 0.387 e. The first-order valence-electron chi connectivity index (χ1n) is 7.40. The number of amides is 2. The van der Waals surface area contributed by atoms with E-state index in [9.17, 15) is 18.4 Å². The van der Waals surface area contributed by atoms with Gasteiger partial charge in [-0.3, -0.25) is 14.9 Å². The van der Waals surface area contributed by atoms with E-state index in [0.717, 1.165) is 0 Å². The molecule has 0 saturated heterocycles. The summed E-state index contributed by atoms with van der Waals surface area (Å²) >= 11 is 6.01. The Morgan fingerprint density at radius 1 is 1.12 bits per heavy atom. The van der Waals surface area contributed by atoms with Crippen molar-refractivity contribution in [2.24, 2.45) is 0 Å². The molecule has 0 atom stereocenters. The molecule has 0 radical (unpaired) electrons. The van der Waals surface area contributed by atoms with E-state index in [0.29, 0.717) is 16.7 Å². The molecule has 1 aliphatic heterocycles. The van der Waals surface area contributed by atoms with Crippen LogP contribution >= 0.6 is 11.6 Å². The molecule has 2 aromatic carbocycles. The number of hydrogen-bond donors (Lipinski definition) is 1. The maximum atomic E-state index is 12.5. The number of fused-ring (bicyclic) bond motifs is 1. The first-order valence-corrected chi connectivity index (χ1v) is 7.77. The summed E-state index contributed by atoms with van der Waals surface area (Å²) in [5.41, 5.74) is 1.47. The Morgan fingerprint density at radius 2 is 1.81 bits per heavy atom. The molecular formula is C18H12ClF2NO4. The third-order valence-electron chi connectivity index (χ3n) is 3.70. The molecule has 5 nitrogen and oxygen atoms in total. The van der Waals surface area contributed by atoms with Crippen molar-refractivity contribution < 1.29 is 27.8 Å². The van der Waals surface area contributed by atoms with Gasteiger partial charge >= 0.3 is 6.61 Å². The Hall–Kier alpha value is -2.93. The van der Waals surface area contributed by atoms with E-state index in [1.807, 2.05) is 0 Å². The molecule has 1 heterocycles. The lowest BCUT2D eigenvalue weighted by molar-refractivity contribution is -0.114. The van der Waals surface area contributed by atoms with Crippen LogP contribution in [0, 0.1) is 0 Å². The van der Waals surface area contributed by atoms with Gasteiger partial charge in [0.25, 0.3) is 11.8 Å². The second kappa shape index (κ2) is 7.13. The Kier molecular flexibility index (Phi) is 4.90. The molecule has 0 saturated carbocycles. The van der Waals surface area contributed by atoms with Crippen LogP contribution in [-0.4, -0.2) is 25.5 Å². The number of ether oxygens (including phenoxy) is 2. The average molecular weight is 380 g/mol. The Bertz CT molecular complexity index is 927. The number of carbonyl (C=O) groups excluding carboxylic acids is 2. The van der Waals surface area contributed by atoms with Crippen molar-refractivity contribution >= 4 is 35.1 Å². The average Bonchev–Trinajstić information content (AvgIpc) is 2.60. The molecule has 0 spiro atoms. The van der Waals surface area contributed by atoms with E-state index >= 15 is 0 Å². The molecule has 2 amide bonds. The fourth-order valence-electron chi connectivity index (χ4n) is 2.61. The van der Waals surface area contributed by atoms with Gasteiger partial charge in [0, 0.05) is 11.1 Å². The summed E-state index contributed by atoms with van der Waals surface area (Å²) in [5.74, 6) is -1.36. The maximum absolute atomic E-state index is 12.5. The third kappa shape index (κ3) is 3.39. The van der Waals surface area contributed by atoms with E-state index < -0.39 is 18.4 Å². The van der Waals surface area contributed by atoms with E-state index in [1.54, 1.807) is 24.3 Å². The normalized spacial score (nSPS) is 15.0. The van der Waals surface area contributed by atoms with Gasteiger partial charge in [-0.1, -0.05) is 29.8 Å². The summed E-state index contributed by atoms with van der Waals surface area (Å²) in [6.45, 7) is -3.06. The van der Waals surface area contributed by atoms with Crippen molar-refractivity contribution in [1.82, 2.24) is 5.32 Å². The fraction of sp³-hybridized carbons (Fsp3) is 0.111. The summed E-state index contributed by atoms with van der Waals surface area (Å²) < 4.78 is 34.4. The minimum absolute atomic E-state index is 0.00905. The van der Waals surface area contributed by atoms with Crippen molar-refractivity contribution in [3.05, 3.63) is 58.1 Å². The number of carbonyl (C=O) groups is 2. The number of nitrogens with one attached hydrogen (secondary N) is 1. The van der Waals surface area contributed by atoms with Gasteiger partial charge in [-0.2, -0.15) is 8.78 Å². The number of hydrogen-bond acceptors (Lipinski definition) is 4. The Balaban J connectivity index is 2.10. The standard InChI is InChI=1S/C18H12ClF2NO4/c1-25-14-8-9(7-13(19)15(14)26-18(20)21)6-12-10-4-2-3-5-11(10)16(23)22-17(12)24/h2-8,18H,1H3,(H,22,23,24). The molecule has 1 aliphatic rings. The molecule has 0 aliphatic carbocycles. The minimum Gasteiger partial charge on any atom is -0.493 e. The predicted molar refractivity (Wildman–Crippen MR) is 91.4 cm³/mol. The maximum Gasteiger partial charge on any atom is 0.387 e. The summed E-state index contributed by atoms with van der Waals surface area (Å²) in [6.07, 6.45) is 1.49. The van der Waals surface area contributed by atoms with Gasteiger partial charge in [-0.05, 0) is 35.4 Å². The highest BCUT2D eigenvalue weighted by molar-refractivity contribution is 6.34. The van der Waals surface area contributed by atoms with Crippen LogP contribution in [0.25, 0.3) is 11.6 Å². The highest BCUT2D eigenvalue weighted by Crippen LogP contribution is 2.38. The molecule has 134 valence electrons. The monoisotopic (exact) mass is 379 g/mol. The van der Waals surface area contributed by atoms with Gasteiger partial charge in [-0.25, -0.2) is 0 Å². The van der Waals surface area contributed by atoms with Crippen LogP contribution in [0.3, 0.4) is 0 Å². The van der Waals surface area contributed by atoms with Gasteiger partial charge in [-0.15, -0.1) is 0 Å². The fourth-order valence-corrected chi connectivity index (χ4v) is 2.88. The van der Waals surface area contributed by atoms with Crippen LogP contribution in [0.1, 0.15) is 21.5 Å². The first-order chi connectivity index (χ1) is 12.4. The van der Waals surface area contributed by atoms with E-state index in [4.69, 9.17) is 16.3 Å². The zero-order chi connectivity index (χ0) is 18.8. The molecular weight excluding hydrogens is 368 g/mol. The predicted octanol–water partition coefficient (Wildman–Crippen LogP) is 3.76. The van der Waals surface area contributed by atoms with Gasteiger partial charge in [0.1, 0.15) is 0 Å². The molecule has 26 heavy (non-hydrogen) atoms. The van der Waals surface area contributed by atoms with Crippen molar-refractivity contribution in [2.45, 2.75) is 6.61 Å². The third-order valence-corrected chi connectivity index (χ3v) is 3.98. The number of rotatable bonds is 4. The van der Waals surface area contributed by atoms with Crippen LogP contribution in [0.5, 0.6) is 11.5 Å². The van der Waals surface area contributed by atoms with Crippen LogP contribution < -0.4 is 14.8 Å². The number of imide groups is 1. The van der Waals surface area contributed by atoms with Crippen molar-refractivity contribution in [3.63, 3.8) is 0 Å². The molecule has 1 N–H and O–H groups in total. The second-order valence-corrected chi connectivity index (χ2v) is 5.71. The van der Waals surface area contributed by atoms with E-state index in [1.165, 1.54) is 25.3 Å². The lowest BCUT2D eigenvalue weighted by Crippen LogP contribution is -2.36. The van der Waals surface area contributed by atoms with E-state index in [2.05, 4.69) is 10.1 Å². The minimum atomic E-state index is -3.06. The number of alkyl halides is 2. The van der Waals surface area contributed by atoms with Gasteiger partial charge < -0.3 is 9.47 Å². The molecule has 0 bridgehead atoms. The van der Waals surface area contributed by atoms with Crippen molar-refractivity contribution in [1.29, 1.82) is 0 Å². The second-order valence-electron chi connectivity index (χ2n) is 5.30. The summed E-state index contributed by atoms with van der Waals surface area (Å²) in [4.78, 5) is 24.1. The van der Waals surface area contributed by atoms with Gasteiger partial charge in [0.05, 0.1) is 12.1 Å². The van der Waals surface area contributed by atoms with Crippen molar-refractivity contribution in [3.8, 4) is 11.5 Å². The Morgan fingerprint density at radius 3 is 2.46 bits per heavy atom. The summed E-state index contributed by atoms with van der Waals surface area (Å²) in [7, 11) is 1.28. The van der Waals surface area contributed by atoms with Crippen LogP contribution in [0.15, 0.2) is 36.4 Å². The Labute approximate surface area is 152 Å². The zero-order valence-electron chi connectivity index (χ0n) is 13.4. The molecule has 2 aromatic rings. The highest BCUT2D eigenvalue weighted by Gasteiger charge is 2.27. The summed E-state index contributed by atoms with van der Waals surface area (Å²) in [5, 5.41) is 2.15. The lowest BCUT2D eigenvalue weighted by atomic mass is 9.93. The van der Waals surface area contributed by atoms with Crippen LogP contribution in [-0.2, 0) is 4.79 Å². The van der Waals surface area contributed by atoms with Crippen LogP contribution in [0.2, 0.25) is 5.02 Å². The highest BCUT2D eigenvalue weighted by atomic mass is 35.5. The number of benzene rings is 2. The van der Waals surface area contributed by atoms with Crippen molar-refractivity contribution in [2.75, 3.05) is 7.11 Å². The lowest BCUT2D eigenvalue weighted by Gasteiger charge is -2.18. The SMILES string of the molecule is COc1cc(C=C2C(=O)NC(=O)c3ccccc32)cc(Cl)c1OC(F)F. The molecule has 0 fully saturated rings. The number of halogens is 3. The van der Waals surface area contributed by atoms with Crippen LogP contribution in [0.4, 0.5) is 8.78 Å². The van der Waals surface area contributed by atoms with Gasteiger partial charge in [0.15, 0.2) is 11.5 Å². The molecule has 3 rings (SSSR count). The topological polar surface area (TPSA) is 64.6 Å². The molecule has 8 heteroatoms. The first kappa shape index (κ1) is 17.9.